The van der Waals surface area contributed by atoms with Gasteiger partial charge >= 0.3 is 0 Å². The van der Waals surface area contributed by atoms with E-state index in [0.29, 0.717) is 28.0 Å². The summed E-state index contributed by atoms with van der Waals surface area (Å²) >= 11 is 0. The van der Waals surface area contributed by atoms with Crippen LogP contribution in [0.3, 0.4) is 0 Å². The first-order valence-corrected chi connectivity index (χ1v) is 21.1. The van der Waals surface area contributed by atoms with E-state index in [4.69, 9.17) is 17.7 Å². The molecule has 0 bridgehead atoms. The number of fused-ring (bicyclic) bond motifs is 1. The Balaban J connectivity index is 2.13. The van der Waals surface area contributed by atoms with E-state index in [9.17, 15) is 4.79 Å². The lowest BCUT2D eigenvalue weighted by atomic mass is 10.0. The second kappa shape index (κ2) is 8.57. The first kappa shape index (κ1) is 24.3. The van der Waals surface area contributed by atoms with Crippen LogP contribution in [0.5, 0.6) is 17.2 Å². The molecule has 0 aliphatic heterocycles. The van der Waals surface area contributed by atoms with Crippen LogP contribution in [0.1, 0.15) is 0 Å². The lowest BCUT2D eigenvalue weighted by Gasteiger charge is -2.23. The molecule has 0 spiro atoms. The van der Waals surface area contributed by atoms with Gasteiger partial charge in [-0.05, 0) is 76.6 Å². The molecular formula is C24H34O5Si3. The van der Waals surface area contributed by atoms with Crippen LogP contribution in [0.2, 0.25) is 58.9 Å². The molecule has 0 aliphatic rings. The largest absolute Gasteiger partial charge is 0.544 e. The van der Waals surface area contributed by atoms with Crippen molar-refractivity contribution in [1.82, 2.24) is 0 Å². The molecular weight excluding hydrogens is 453 g/mol. The maximum Gasteiger partial charge on any atom is 0.242 e. The first-order chi connectivity index (χ1) is 14.6. The van der Waals surface area contributed by atoms with Crippen molar-refractivity contribution in [3.05, 3.63) is 52.9 Å². The molecule has 1 heterocycles. The van der Waals surface area contributed by atoms with Crippen molar-refractivity contribution in [1.29, 1.82) is 0 Å². The van der Waals surface area contributed by atoms with Crippen LogP contribution < -0.4 is 18.7 Å². The molecule has 0 radical (unpaired) electrons. The molecule has 2 aromatic carbocycles. The zero-order chi connectivity index (χ0) is 23.9. The highest BCUT2D eigenvalue weighted by molar-refractivity contribution is 6.71. The summed E-state index contributed by atoms with van der Waals surface area (Å²) in [6.07, 6.45) is 1.52. The summed E-state index contributed by atoms with van der Waals surface area (Å²) in [5.41, 5.74) is 1.64. The van der Waals surface area contributed by atoms with E-state index >= 15 is 0 Å². The highest BCUT2D eigenvalue weighted by atomic mass is 28.4. The molecule has 0 N–H and O–H groups in total. The minimum absolute atomic E-state index is 0.113. The van der Waals surface area contributed by atoms with Crippen molar-refractivity contribution in [2.24, 2.45) is 0 Å². The van der Waals surface area contributed by atoms with Crippen molar-refractivity contribution in [3.63, 3.8) is 0 Å². The van der Waals surface area contributed by atoms with Gasteiger partial charge in [0.2, 0.25) is 30.4 Å². The minimum atomic E-state index is -1.98. The molecule has 0 unspecified atom stereocenters. The van der Waals surface area contributed by atoms with Gasteiger partial charge in [0, 0.05) is 12.1 Å². The minimum Gasteiger partial charge on any atom is -0.544 e. The Morgan fingerprint density at radius 3 is 1.75 bits per heavy atom. The van der Waals surface area contributed by atoms with Gasteiger partial charge in [0.05, 0.1) is 5.56 Å². The van der Waals surface area contributed by atoms with E-state index in [-0.39, 0.29) is 5.43 Å². The summed E-state index contributed by atoms with van der Waals surface area (Å²) in [5.74, 6) is 2.02. The summed E-state index contributed by atoms with van der Waals surface area (Å²) in [5, 5.41) is 0.454. The number of rotatable bonds is 7. The summed E-state index contributed by atoms with van der Waals surface area (Å²) in [6, 6.07) is 11.2. The predicted molar refractivity (Wildman–Crippen MR) is 140 cm³/mol. The first-order valence-electron chi connectivity index (χ1n) is 10.9. The van der Waals surface area contributed by atoms with Gasteiger partial charge in [-0.1, -0.05) is 12.1 Å². The Morgan fingerprint density at radius 2 is 1.22 bits per heavy atom. The van der Waals surface area contributed by atoms with E-state index in [0.717, 1.165) is 11.3 Å². The quantitative estimate of drug-likeness (QED) is 0.333. The van der Waals surface area contributed by atoms with Gasteiger partial charge in [-0.3, -0.25) is 4.79 Å². The summed E-state index contributed by atoms with van der Waals surface area (Å²) in [4.78, 5) is 13.6. The third kappa shape index (κ3) is 6.37. The SMILES string of the molecule is C[Si](C)(C)Oc1ccc(-c2coc3cc(O[Si](C)(C)C)cc(O[Si](C)(C)C)c3c2=O)cc1. The highest BCUT2D eigenvalue weighted by Crippen LogP contribution is 2.34. The Kier molecular flexibility index (Phi) is 6.52. The third-order valence-corrected chi connectivity index (χ3v) is 6.77. The molecule has 3 rings (SSSR count). The Labute approximate surface area is 193 Å². The van der Waals surface area contributed by atoms with Crippen molar-refractivity contribution >= 4 is 35.9 Å². The lowest BCUT2D eigenvalue weighted by molar-refractivity contribution is 0.531. The smallest absolute Gasteiger partial charge is 0.242 e. The molecule has 0 saturated heterocycles. The average Bonchev–Trinajstić information content (AvgIpc) is 2.58. The number of hydrogen-bond acceptors (Lipinski definition) is 5. The summed E-state index contributed by atoms with van der Waals surface area (Å²) in [6.45, 7) is 19.0. The van der Waals surface area contributed by atoms with Gasteiger partial charge in [-0.25, -0.2) is 0 Å². The van der Waals surface area contributed by atoms with Gasteiger partial charge in [-0.15, -0.1) is 0 Å². The van der Waals surface area contributed by atoms with Gasteiger partial charge in [-0.2, -0.15) is 0 Å². The predicted octanol–water partition coefficient (Wildman–Crippen LogP) is 7.10. The van der Waals surface area contributed by atoms with E-state index in [2.05, 4.69) is 58.9 Å². The van der Waals surface area contributed by atoms with E-state index in [1.807, 2.05) is 30.3 Å². The summed E-state index contributed by atoms with van der Waals surface area (Å²) < 4.78 is 24.5. The second-order valence-electron chi connectivity index (χ2n) is 10.9. The van der Waals surface area contributed by atoms with Gasteiger partial charge in [0.15, 0.2) is 0 Å². The zero-order valence-corrected chi connectivity index (χ0v) is 23.6. The summed E-state index contributed by atoms with van der Waals surface area (Å²) in [7, 11) is -5.52. The standard InChI is InChI=1S/C24H34O5Si3/c1-30(2,3)27-18-12-10-17(11-13-18)20-16-26-21-14-19(28-31(4,5)6)15-22(23(21)24(20)25)29-32(7,8)9/h10-16H,1-9H3. The maximum atomic E-state index is 13.6. The molecule has 0 amide bonds. The molecule has 1 aromatic heterocycles. The van der Waals surface area contributed by atoms with E-state index in [1.54, 1.807) is 6.07 Å². The van der Waals surface area contributed by atoms with E-state index < -0.39 is 25.0 Å². The highest BCUT2D eigenvalue weighted by Gasteiger charge is 2.24. The third-order valence-electron chi connectivity index (χ3n) is 4.24. The molecule has 0 fully saturated rings. The van der Waals surface area contributed by atoms with Crippen LogP contribution in [0.4, 0.5) is 0 Å². The van der Waals surface area contributed by atoms with Crippen molar-refractivity contribution in [2.75, 3.05) is 0 Å². The van der Waals surface area contributed by atoms with Crippen LogP contribution in [0.15, 0.2) is 51.9 Å². The van der Waals surface area contributed by atoms with Crippen molar-refractivity contribution in [3.8, 4) is 28.4 Å². The molecule has 3 aromatic rings. The van der Waals surface area contributed by atoms with Crippen LogP contribution in [0, 0.1) is 0 Å². The molecule has 0 atom stereocenters. The Morgan fingerprint density at radius 1 is 0.688 bits per heavy atom. The molecule has 172 valence electrons. The zero-order valence-electron chi connectivity index (χ0n) is 20.6. The Bertz CT molecular complexity index is 1160. The van der Waals surface area contributed by atoms with Gasteiger partial charge < -0.3 is 17.7 Å². The van der Waals surface area contributed by atoms with Crippen LogP contribution in [-0.4, -0.2) is 25.0 Å². The molecule has 32 heavy (non-hydrogen) atoms. The van der Waals surface area contributed by atoms with Crippen LogP contribution in [-0.2, 0) is 0 Å². The number of benzene rings is 2. The van der Waals surface area contributed by atoms with Crippen LogP contribution in [0.25, 0.3) is 22.1 Å². The fraction of sp³-hybridized carbons (Fsp3) is 0.375. The second-order valence-corrected chi connectivity index (χ2v) is 24.2. The number of hydrogen-bond donors (Lipinski definition) is 0. The van der Waals surface area contributed by atoms with E-state index in [1.165, 1.54) is 6.26 Å². The molecule has 5 nitrogen and oxygen atoms in total. The molecule has 0 aliphatic carbocycles. The van der Waals surface area contributed by atoms with Crippen molar-refractivity contribution < 1.29 is 17.7 Å². The molecule has 8 heteroatoms. The Hall–Kier alpha value is -2.30. The van der Waals surface area contributed by atoms with Gasteiger partial charge in [0.25, 0.3) is 0 Å². The van der Waals surface area contributed by atoms with Gasteiger partial charge in [0.1, 0.15) is 34.5 Å². The van der Waals surface area contributed by atoms with Crippen LogP contribution >= 0.6 is 0 Å². The molecule has 0 saturated carbocycles. The fourth-order valence-corrected chi connectivity index (χ4v) is 5.76. The normalized spacial score (nSPS) is 12.7. The lowest BCUT2D eigenvalue weighted by Crippen LogP contribution is -2.31. The van der Waals surface area contributed by atoms with Crippen molar-refractivity contribution in [2.45, 2.75) is 58.9 Å². The monoisotopic (exact) mass is 486 g/mol. The fourth-order valence-electron chi connectivity index (χ4n) is 3.27. The topological polar surface area (TPSA) is 57.9 Å². The average molecular weight is 487 g/mol. The maximum absolute atomic E-state index is 13.6.